The van der Waals surface area contributed by atoms with Crippen LogP contribution < -0.4 is 4.90 Å². The van der Waals surface area contributed by atoms with E-state index in [9.17, 15) is 9.59 Å². The zero-order chi connectivity index (χ0) is 17.1. The Bertz CT molecular complexity index is 786. The maximum absolute atomic E-state index is 12.2. The SMILES string of the molecule is CCOC(=O)c1sc(N2C=CC=CC2C2=CC=CCC2=O)nc1C. The van der Waals surface area contributed by atoms with Crippen LogP contribution in [0.25, 0.3) is 0 Å². The zero-order valence-corrected chi connectivity index (χ0v) is 14.4. The highest BCUT2D eigenvalue weighted by Crippen LogP contribution is 2.32. The molecule has 24 heavy (non-hydrogen) atoms. The van der Waals surface area contributed by atoms with E-state index in [0.717, 1.165) is 5.57 Å². The molecule has 0 bridgehead atoms. The molecule has 0 fully saturated rings. The van der Waals surface area contributed by atoms with Crippen molar-refractivity contribution >= 4 is 28.2 Å². The van der Waals surface area contributed by atoms with Crippen LogP contribution in [-0.2, 0) is 9.53 Å². The summed E-state index contributed by atoms with van der Waals surface area (Å²) in [6.07, 6.45) is 13.7. The van der Waals surface area contributed by atoms with E-state index in [4.69, 9.17) is 4.74 Å². The van der Waals surface area contributed by atoms with Crippen LogP contribution in [0.15, 0.2) is 48.2 Å². The Kier molecular flexibility index (Phi) is 4.76. The van der Waals surface area contributed by atoms with Gasteiger partial charge in [0, 0.05) is 18.2 Å². The van der Waals surface area contributed by atoms with Crippen molar-refractivity contribution in [2.45, 2.75) is 26.3 Å². The first-order chi connectivity index (χ1) is 11.6. The molecule has 0 saturated carbocycles. The van der Waals surface area contributed by atoms with Gasteiger partial charge in [0.15, 0.2) is 10.9 Å². The predicted octanol–water partition coefficient (Wildman–Crippen LogP) is 3.34. The topological polar surface area (TPSA) is 59.5 Å². The number of thiazole rings is 1. The van der Waals surface area contributed by atoms with Gasteiger partial charge in [0.2, 0.25) is 0 Å². The average molecular weight is 342 g/mol. The Hall–Kier alpha value is -2.47. The van der Waals surface area contributed by atoms with Crippen LogP contribution in [0.4, 0.5) is 5.13 Å². The van der Waals surface area contributed by atoms with Gasteiger partial charge in [-0.1, -0.05) is 41.7 Å². The second-order valence-electron chi connectivity index (χ2n) is 5.39. The Labute approximate surface area is 144 Å². The second-order valence-corrected chi connectivity index (χ2v) is 6.36. The van der Waals surface area contributed by atoms with Crippen molar-refractivity contribution in [2.75, 3.05) is 11.5 Å². The minimum Gasteiger partial charge on any atom is -0.462 e. The molecular weight excluding hydrogens is 324 g/mol. The number of hydrogen-bond donors (Lipinski definition) is 0. The molecule has 3 rings (SSSR count). The van der Waals surface area contributed by atoms with Gasteiger partial charge in [0.05, 0.1) is 18.3 Å². The minimum absolute atomic E-state index is 0.103. The molecule has 0 saturated heterocycles. The highest BCUT2D eigenvalue weighted by atomic mass is 32.1. The van der Waals surface area contributed by atoms with Gasteiger partial charge in [-0.3, -0.25) is 4.79 Å². The Morgan fingerprint density at radius 1 is 1.42 bits per heavy atom. The standard InChI is InChI=1S/C18H18N2O3S/c1-3-23-17(22)16-12(2)19-18(24-16)20-11-7-6-9-14(20)13-8-4-5-10-15(13)21/h4-9,11,14H,3,10H2,1-2H3. The summed E-state index contributed by atoms with van der Waals surface area (Å²) in [5, 5.41) is 0.671. The fraction of sp³-hybridized carbons (Fsp3) is 0.278. The third kappa shape index (κ3) is 3.10. The molecule has 0 N–H and O–H groups in total. The first-order valence-corrected chi connectivity index (χ1v) is 8.61. The quantitative estimate of drug-likeness (QED) is 0.786. The van der Waals surface area contributed by atoms with Crippen molar-refractivity contribution in [3.05, 3.63) is 58.8 Å². The average Bonchev–Trinajstić information content (AvgIpc) is 2.97. The van der Waals surface area contributed by atoms with Crippen molar-refractivity contribution in [1.82, 2.24) is 4.98 Å². The fourth-order valence-corrected chi connectivity index (χ4v) is 3.61. The van der Waals surface area contributed by atoms with E-state index < -0.39 is 0 Å². The molecule has 0 amide bonds. The second kappa shape index (κ2) is 6.97. The maximum Gasteiger partial charge on any atom is 0.350 e. The number of hydrogen-bond acceptors (Lipinski definition) is 6. The largest absolute Gasteiger partial charge is 0.462 e. The number of Topliss-reactive ketones (excluding diaryl/α,β-unsaturated/α-hetero) is 1. The van der Waals surface area contributed by atoms with Gasteiger partial charge in [-0.25, -0.2) is 9.78 Å². The number of carbonyl (C=O) groups excluding carboxylic acids is 2. The van der Waals surface area contributed by atoms with Gasteiger partial charge < -0.3 is 9.64 Å². The number of rotatable bonds is 4. The number of nitrogens with zero attached hydrogens (tertiary/aromatic N) is 2. The van der Waals surface area contributed by atoms with E-state index >= 15 is 0 Å². The third-order valence-electron chi connectivity index (χ3n) is 3.77. The number of aromatic nitrogens is 1. The number of ether oxygens (including phenoxy) is 1. The maximum atomic E-state index is 12.2. The van der Waals surface area contributed by atoms with Crippen LogP contribution in [0, 0.1) is 6.92 Å². The smallest absolute Gasteiger partial charge is 0.350 e. The third-order valence-corrected chi connectivity index (χ3v) is 4.92. The van der Waals surface area contributed by atoms with E-state index in [2.05, 4.69) is 4.98 Å². The molecule has 1 aromatic heterocycles. The summed E-state index contributed by atoms with van der Waals surface area (Å²) in [5.74, 6) is -0.255. The molecule has 1 unspecified atom stereocenters. The molecule has 0 spiro atoms. The van der Waals surface area contributed by atoms with Crippen LogP contribution in [0.5, 0.6) is 0 Å². The lowest BCUT2D eigenvalue weighted by atomic mass is 9.94. The molecule has 1 aliphatic heterocycles. The Morgan fingerprint density at radius 3 is 3.00 bits per heavy atom. The summed E-state index contributed by atoms with van der Waals surface area (Å²) >= 11 is 1.28. The van der Waals surface area contributed by atoms with Crippen molar-refractivity contribution in [3.8, 4) is 0 Å². The molecule has 1 atom stereocenters. The highest BCUT2D eigenvalue weighted by Gasteiger charge is 2.28. The first kappa shape index (κ1) is 16.4. The Balaban J connectivity index is 1.94. The monoisotopic (exact) mass is 342 g/mol. The van der Waals surface area contributed by atoms with Crippen LogP contribution in [0.1, 0.15) is 28.7 Å². The van der Waals surface area contributed by atoms with Gasteiger partial charge in [-0.15, -0.1) is 0 Å². The molecule has 1 aromatic rings. The summed E-state index contributed by atoms with van der Waals surface area (Å²) in [5.41, 5.74) is 1.36. The van der Waals surface area contributed by atoms with Crippen molar-refractivity contribution in [3.63, 3.8) is 0 Å². The van der Waals surface area contributed by atoms with E-state index in [-0.39, 0.29) is 17.8 Å². The van der Waals surface area contributed by atoms with E-state index in [0.29, 0.717) is 28.7 Å². The minimum atomic E-state index is -0.359. The zero-order valence-electron chi connectivity index (χ0n) is 13.6. The van der Waals surface area contributed by atoms with Crippen molar-refractivity contribution in [2.24, 2.45) is 0 Å². The van der Waals surface area contributed by atoms with Gasteiger partial charge in [-0.05, 0) is 19.9 Å². The van der Waals surface area contributed by atoms with Crippen molar-refractivity contribution < 1.29 is 14.3 Å². The van der Waals surface area contributed by atoms with Crippen LogP contribution in [0.3, 0.4) is 0 Å². The van der Waals surface area contributed by atoms with Gasteiger partial charge in [0.1, 0.15) is 4.88 Å². The molecule has 6 heteroatoms. The number of anilines is 1. The molecule has 2 heterocycles. The summed E-state index contributed by atoms with van der Waals surface area (Å²) in [4.78, 5) is 31.2. The molecule has 5 nitrogen and oxygen atoms in total. The summed E-state index contributed by atoms with van der Waals surface area (Å²) in [6.45, 7) is 3.89. The molecule has 0 radical (unpaired) electrons. The Morgan fingerprint density at radius 2 is 2.25 bits per heavy atom. The molecule has 124 valence electrons. The molecule has 2 aliphatic rings. The lowest BCUT2D eigenvalue weighted by Crippen LogP contribution is -2.35. The summed E-state index contributed by atoms with van der Waals surface area (Å²) in [7, 11) is 0. The van der Waals surface area contributed by atoms with Gasteiger partial charge in [0.25, 0.3) is 0 Å². The van der Waals surface area contributed by atoms with Gasteiger partial charge in [-0.2, -0.15) is 0 Å². The van der Waals surface area contributed by atoms with Crippen molar-refractivity contribution in [1.29, 1.82) is 0 Å². The summed E-state index contributed by atoms with van der Waals surface area (Å²) in [6, 6.07) is -0.215. The van der Waals surface area contributed by atoms with Crippen LogP contribution >= 0.6 is 11.3 Å². The number of aryl methyl sites for hydroxylation is 1. The first-order valence-electron chi connectivity index (χ1n) is 7.79. The number of ketones is 1. The fourth-order valence-electron chi connectivity index (χ4n) is 2.63. The highest BCUT2D eigenvalue weighted by molar-refractivity contribution is 7.17. The lowest BCUT2D eigenvalue weighted by molar-refractivity contribution is -0.115. The number of esters is 1. The van der Waals surface area contributed by atoms with E-state index in [1.807, 2.05) is 47.6 Å². The predicted molar refractivity (Wildman–Crippen MR) is 94.2 cm³/mol. The summed E-state index contributed by atoms with van der Waals surface area (Å²) < 4.78 is 5.08. The molecule has 0 aromatic carbocycles. The normalized spacial score (nSPS) is 19.6. The molecular formula is C18H18N2O3S. The number of carbonyl (C=O) groups is 2. The van der Waals surface area contributed by atoms with E-state index in [1.165, 1.54) is 11.3 Å². The van der Waals surface area contributed by atoms with E-state index in [1.54, 1.807) is 13.8 Å². The van der Waals surface area contributed by atoms with Crippen LogP contribution in [-0.4, -0.2) is 29.4 Å². The van der Waals surface area contributed by atoms with Crippen LogP contribution in [0.2, 0.25) is 0 Å². The molecule has 1 aliphatic carbocycles. The number of allylic oxidation sites excluding steroid dienone is 5. The lowest BCUT2D eigenvalue weighted by Gasteiger charge is -2.30. The van der Waals surface area contributed by atoms with Gasteiger partial charge >= 0.3 is 5.97 Å².